The predicted molar refractivity (Wildman–Crippen MR) is 105 cm³/mol. The van der Waals surface area contributed by atoms with Crippen molar-refractivity contribution in [2.75, 3.05) is 14.2 Å². The second-order valence-electron chi connectivity index (χ2n) is 5.94. The van der Waals surface area contributed by atoms with Gasteiger partial charge in [0.15, 0.2) is 23.1 Å². The molecule has 27 heavy (non-hydrogen) atoms. The standard InChI is InChI=1S/C22H22O5/c1-15-4-5-16(12-21(15)26-2)6-9-18(23)14-19(24)10-7-17-8-11-20(25)22(13-17)27-3/h4-13,25H,14H2,1-3H3. The minimum absolute atomic E-state index is 0.0222. The van der Waals surface area contributed by atoms with E-state index in [-0.39, 0.29) is 23.7 Å². The third-order valence-corrected chi connectivity index (χ3v) is 3.91. The van der Waals surface area contributed by atoms with E-state index < -0.39 is 0 Å². The van der Waals surface area contributed by atoms with Crippen molar-refractivity contribution < 1.29 is 24.2 Å². The van der Waals surface area contributed by atoms with Crippen LogP contribution in [0.25, 0.3) is 12.2 Å². The highest BCUT2D eigenvalue weighted by Crippen LogP contribution is 2.26. The van der Waals surface area contributed by atoms with Crippen molar-refractivity contribution in [2.24, 2.45) is 0 Å². The highest BCUT2D eigenvalue weighted by molar-refractivity contribution is 6.10. The van der Waals surface area contributed by atoms with Crippen LogP contribution in [0.4, 0.5) is 0 Å². The number of ketones is 2. The molecule has 0 spiro atoms. The van der Waals surface area contributed by atoms with E-state index in [1.54, 1.807) is 31.4 Å². The first-order valence-electron chi connectivity index (χ1n) is 8.36. The molecule has 140 valence electrons. The average molecular weight is 366 g/mol. The van der Waals surface area contributed by atoms with Crippen molar-refractivity contribution in [1.82, 2.24) is 0 Å². The minimum Gasteiger partial charge on any atom is -0.504 e. The Hall–Kier alpha value is -3.34. The van der Waals surface area contributed by atoms with Crippen LogP contribution in [0.3, 0.4) is 0 Å². The van der Waals surface area contributed by atoms with Gasteiger partial charge in [-0.15, -0.1) is 0 Å². The Bertz CT molecular complexity index is 820. The molecule has 0 saturated carbocycles. The molecule has 0 heterocycles. The van der Waals surface area contributed by atoms with Crippen LogP contribution in [-0.2, 0) is 9.59 Å². The zero-order valence-electron chi connectivity index (χ0n) is 15.6. The number of hydrogen-bond donors (Lipinski definition) is 1. The van der Waals surface area contributed by atoms with Crippen molar-refractivity contribution >= 4 is 23.7 Å². The quantitative estimate of drug-likeness (QED) is 0.565. The summed E-state index contributed by atoms with van der Waals surface area (Å²) in [6.07, 6.45) is 5.75. The maximum absolute atomic E-state index is 12.0. The zero-order chi connectivity index (χ0) is 19.8. The van der Waals surface area contributed by atoms with Crippen LogP contribution in [0, 0.1) is 6.92 Å². The first kappa shape index (κ1) is 20.0. The van der Waals surface area contributed by atoms with Gasteiger partial charge < -0.3 is 14.6 Å². The molecule has 5 heteroatoms. The second kappa shape index (κ2) is 9.38. The van der Waals surface area contributed by atoms with E-state index in [4.69, 9.17) is 9.47 Å². The number of phenols is 1. The van der Waals surface area contributed by atoms with Crippen LogP contribution < -0.4 is 9.47 Å². The maximum atomic E-state index is 12.0. The number of methoxy groups -OCH3 is 2. The van der Waals surface area contributed by atoms with Gasteiger partial charge in [-0.2, -0.15) is 0 Å². The summed E-state index contributed by atoms with van der Waals surface area (Å²) in [5.41, 5.74) is 2.52. The van der Waals surface area contributed by atoms with Gasteiger partial charge in [-0.25, -0.2) is 0 Å². The SMILES string of the molecule is COc1cc(C=CC(=O)CC(=O)C=Cc2ccc(O)c(OC)c2)ccc1C. The number of carbonyl (C=O) groups is 2. The van der Waals surface area contributed by atoms with Crippen LogP contribution in [0.2, 0.25) is 0 Å². The summed E-state index contributed by atoms with van der Waals surface area (Å²) in [5, 5.41) is 9.56. The molecule has 0 atom stereocenters. The number of aromatic hydroxyl groups is 1. The van der Waals surface area contributed by atoms with Gasteiger partial charge in [0.05, 0.1) is 20.6 Å². The monoisotopic (exact) mass is 366 g/mol. The van der Waals surface area contributed by atoms with Gasteiger partial charge in [0.2, 0.25) is 0 Å². The first-order chi connectivity index (χ1) is 12.9. The fourth-order valence-electron chi connectivity index (χ4n) is 2.41. The molecule has 0 aromatic heterocycles. The smallest absolute Gasteiger partial charge is 0.163 e. The third kappa shape index (κ3) is 5.85. The van der Waals surface area contributed by atoms with Crippen LogP contribution in [0.15, 0.2) is 48.6 Å². The van der Waals surface area contributed by atoms with Crippen molar-refractivity contribution in [3.05, 3.63) is 65.2 Å². The average Bonchev–Trinajstić information content (AvgIpc) is 2.66. The van der Waals surface area contributed by atoms with Gasteiger partial charge in [-0.05, 0) is 54.0 Å². The lowest BCUT2D eigenvalue weighted by Crippen LogP contribution is -2.01. The summed E-state index contributed by atoms with van der Waals surface area (Å²) in [7, 11) is 3.04. The largest absolute Gasteiger partial charge is 0.504 e. The van der Waals surface area contributed by atoms with Gasteiger partial charge in [0.1, 0.15) is 5.75 Å². The Kier molecular flexibility index (Phi) is 6.94. The van der Waals surface area contributed by atoms with Crippen LogP contribution in [0.1, 0.15) is 23.1 Å². The first-order valence-corrected chi connectivity index (χ1v) is 8.36. The van der Waals surface area contributed by atoms with E-state index in [1.807, 2.05) is 25.1 Å². The molecule has 0 fully saturated rings. The lowest BCUT2D eigenvalue weighted by molar-refractivity contribution is -0.121. The number of carbonyl (C=O) groups excluding carboxylic acids is 2. The molecule has 2 aromatic carbocycles. The minimum atomic E-state index is -0.307. The Balaban J connectivity index is 1.96. The molecule has 1 N–H and O–H groups in total. The summed E-state index contributed by atoms with van der Waals surface area (Å²) in [4.78, 5) is 23.9. The topological polar surface area (TPSA) is 72.8 Å². The molecule has 0 bridgehead atoms. The molecule has 0 unspecified atom stereocenters. The summed E-state index contributed by atoms with van der Waals surface area (Å²) >= 11 is 0. The molecule has 0 radical (unpaired) electrons. The van der Waals surface area contributed by atoms with Crippen LogP contribution >= 0.6 is 0 Å². The zero-order valence-corrected chi connectivity index (χ0v) is 15.6. The van der Waals surface area contributed by atoms with Crippen LogP contribution in [-0.4, -0.2) is 30.9 Å². The summed E-state index contributed by atoms with van der Waals surface area (Å²) < 4.78 is 10.3. The molecule has 2 rings (SSSR count). The van der Waals surface area contributed by atoms with Crippen molar-refractivity contribution in [3.8, 4) is 17.2 Å². The fourth-order valence-corrected chi connectivity index (χ4v) is 2.41. The normalized spacial score (nSPS) is 11.1. The van der Waals surface area contributed by atoms with E-state index in [1.165, 1.54) is 25.3 Å². The van der Waals surface area contributed by atoms with E-state index in [0.29, 0.717) is 11.3 Å². The number of phenolic OH excluding ortho intramolecular Hbond substituents is 1. The van der Waals surface area contributed by atoms with Gasteiger partial charge in [-0.3, -0.25) is 9.59 Å². The Morgan fingerprint density at radius 2 is 1.41 bits per heavy atom. The molecular weight excluding hydrogens is 344 g/mol. The lowest BCUT2D eigenvalue weighted by Gasteiger charge is -2.04. The van der Waals surface area contributed by atoms with Gasteiger partial charge in [-0.1, -0.05) is 30.4 Å². The molecule has 2 aromatic rings. The van der Waals surface area contributed by atoms with E-state index in [0.717, 1.165) is 16.9 Å². The predicted octanol–water partition coefficient (Wildman–Crippen LogP) is 3.97. The molecule has 0 aliphatic rings. The maximum Gasteiger partial charge on any atom is 0.163 e. The molecule has 0 aliphatic carbocycles. The van der Waals surface area contributed by atoms with E-state index in [2.05, 4.69) is 0 Å². The molecular formula is C22H22O5. The van der Waals surface area contributed by atoms with Gasteiger partial charge in [0, 0.05) is 0 Å². The fraction of sp³-hybridized carbons (Fsp3) is 0.182. The van der Waals surface area contributed by atoms with E-state index in [9.17, 15) is 14.7 Å². The Morgan fingerprint density at radius 1 is 0.889 bits per heavy atom. The third-order valence-electron chi connectivity index (χ3n) is 3.91. The van der Waals surface area contributed by atoms with E-state index >= 15 is 0 Å². The van der Waals surface area contributed by atoms with Crippen molar-refractivity contribution in [2.45, 2.75) is 13.3 Å². The Morgan fingerprint density at radius 3 is 1.96 bits per heavy atom. The Labute approximate surface area is 158 Å². The highest BCUT2D eigenvalue weighted by atomic mass is 16.5. The molecule has 0 aliphatic heterocycles. The van der Waals surface area contributed by atoms with Gasteiger partial charge in [0.25, 0.3) is 0 Å². The molecule has 5 nitrogen and oxygen atoms in total. The highest BCUT2D eigenvalue weighted by Gasteiger charge is 2.05. The number of aryl methyl sites for hydroxylation is 1. The lowest BCUT2D eigenvalue weighted by atomic mass is 10.1. The van der Waals surface area contributed by atoms with Gasteiger partial charge >= 0.3 is 0 Å². The number of benzene rings is 2. The number of hydrogen-bond acceptors (Lipinski definition) is 5. The summed E-state index contributed by atoms with van der Waals surface area (Å²) in [5.74, 6) is 0.491. The molecule has 0 saturated heterocycles. The summed E-state index contributed by atoms with van der Waals surface area (Å²) in [6, 6.07) is 10.3. The van der Waals surface area contributed by atoms with Crippen molar-refractivity contribution in [3.63, 3.8) is 0 Å². The number of ether oxygens (including phenoxy) is 2. The summed E-state index contributed by atoms with van der Waals surface area (Å²) in [6.45, 7) is 1.94. The number of allylic oxidation sites excluding steroid dienone is 2. The number of rotatable bonds is 8. The van der Waals surface area contributed by atoms with Crippen molar-refractivity contribution in [1.29, 1.82) is 0 Å². The molecule has 0 amide bonds. The van der Waals surface area contributed by atoms with Crippen LogP contribution in [0.5, 0.6) is 17.2 Å². The second-order valence-corrected chi connectivity index (χ2v) is 5.94.